The normalized spacial score (nSPS) is 10.8. The highest BCUT2D eigenvalue weighted by molar-refractivity contribution is 6.32. The van der Waals surface area contributed by atoms with E-state index in [9.17, 15) is 4.79 Å². The summed E-state index contributed by atoms with van der Waals surface area (Å²) in [6, 6.07) is 5.23. The summed E-state index contributed by atoms with van der Waals surface area (Å²) in [6.07, 6.45) is 3.65. The van der Waals surface area contributed by atoms with Gasteiger partial charge in [-0.2, -0.15) is 0 Å². The highest BCUT2D eigenvalue weighted by atomic mass is 35.5. The first-order valence-corrected chi connectivity index (χ1v) is 4.70. The predicted molar refractivity (Wildman–Crippen MR) is 59.5 cm³/mol. The number of rotatable bonds is 3. The van der Waals surface area contributed by atoms with Gasteiger partial charge in [0.2, 0.25) is 0 Å². The van der Waals surface area contributed by atoms with Crippen molar-refractivity contribution in [3.8, 4) is 0 Å². The van der Waals surface area contributed by atoms with Crippen molar-refractivity contribution < 1.29 is 4.79 Å². The van der Waals surface area contributed by atoms with Crippen molar-refractivity contribution in [3.05, 3.63) is 40.4 Å². The molecule has 14 heavy (non-hydrogen) atoms. The number of carbonyl (C=O) groups excluding carboxylic acids is 1. The molecule has 1 rings (SSSR count). The fourth-order valence-electron chi connectivity index (χ4n) is 1.08. The molecule has 2 nitrogen and oxygen atoms in total. The van der Waals surface area contributed by atoms with E-state index >= 15 is 0 Å². The van der Waals surface area contributed by atoms with Crippen LogP contribution in [0.3, 0.4) is 0 Å². The average Bonchev–Trinajstić information content (AvgIpc) is 2.15. The van der Waals surface area contributed by atoms with Crippen LogP contribution in [0, 0.1) is 0 Å². The number of halogens is 1. The zero-order chi connectivity index (χ0) is 10.6. The Morgan fingerprint density at radius 1 is 1.57 bits per heavy atom. The van der Waals surface area contributed by atoms with Crippen LogP contribution in [-0.2, 0) is 0 Å². The molecule has 0 saturated heterocycles. The molecule has 1 aromatic rings. The molecular formula is C11H12ClNO. The third kappa shape index (κ3) is 2.69. The number of nitrogens with two attached hydrogens (primary N) is 1. The molecule has 0 heterocycles. The smallest absolute Gasteiger partial charge is 0.159 e. The summed E-state index contributed by atoms with van der Waals surface area (Å²) in [5.74, 6) is 0.0151. The minimum absolute atomic E-state index is 0.0151. The van der Waals surface area contributed by atoms with Gasteiger partial charge in [0, 0.05) is 17.1 Å². The van der Waals surface area contributed by atoms with E-state index in [1.54, 1.807) is 12.1 Å². The maximum absolute atomic E-state index is 11.0. The molecule has 0 atom stereocenters. The maximum atomic E-state index is 11.0. The standard InChI is InChI=1S/C11H12ClNO/c1-8(14)10-5-4-9(3-2-6-13)11(12)7-10/h2-5,7H,6,13H2,1H3. The molecule has 1 aromatic carbocycles. The Morgan fingerprint density at radius 3 is 2.79 bits per heavy atom. The highest BCUT2D eigenvalue weighted by Crippen LogP contribution is 2.19. The van der Waals surface area contributed by atoms with Gasteiger partial charge in [-0.15, -0.1) is 0 Å². The summed E-state index contributed by atoms with van der Waals surface area (Å²) >= 11 is 5.96. The van der Waals surface area contributed by atoms with Crippen molar-refractivity contribution in [2.45, 2.75) is 6.92 Å². The molecule has 0 amide bonds. The third-order valence-corrected chi connectivity index (χ3v) is 2.17. The van der Waals surface area contributed by atoms with E-state index in [1.807, 2.05) is 18.2 Å². The summed E-state index contributed by atoms with van der Waals surface area (Å²) in [6.45, 7) is 1.99. The molecular weight excluding hydrogens is 198 g/mol. The van der Waals surface area contributed by atoms with Crippen molar-refractivity contribution in [2.75, 3.05) is 6.54 Å². The Balaban J connectivity index is 3.01. The van der Waals surface area contributed by atoms with E-state index in [4.69, 9.17) is 17.3 Å². The third-order valence-electron chi connectivity index (χ3n) is 1.84. The van der Waals surface area contributed by atoms with Crippen LogP contribution in [-0.4, -0.2) is 12.3 Å². The average molecular weight is 210 g/mol. The van der Waals surface area contributed by atoms with Gasteiger partial charge in [0.25, 0.3) is 0 Å². The first kappa shape index (κ1) is 11.0. The molecule has 0 radical (unpaired) electrons. The second-order valence-corrected chi connectivity index (χ2v) is 3.34. The van der Waals surface area contributed by atoms with Gasteiger partial charge in [-0.25, -0.2) is 0 Å². The van der Waals surface area contributed by atoms with Crippen LogP contribution >= 0.6 is 11.6 Å². The SMILES string of the molecule is CC(=O)c1ccc(C=CCN)c(Cl)c1. The largest absolute Gasteiger partial charge is 0.327 e. The van der Waals surface area contributed by atoms with Gasteiger partial charge in [-0.3, -0.25) is 4.79 Å². The van der Waals surface area contributed by atoms with Crippen LogP contribution in [0.2, 0.25) is 5.02 Å². The van der Waals surface area contributed by atoms with E-state index < -0.39 is 0 Å². The van der Waals surface area contributed by atoms with E-state index in [-0.39, 0.29) is 5.78 Å². The lowest BCUT2D eigenvalue weighted by Gasteiger charge is -2.00. The van der Waals surface area contributed by atoms with E-state index in [0.717, 1.165) is 5.56 Å². The lowest BCUT2D eigenvalue weighted by Crippen LogP contribution is -1.93. The van der Waals surface area contributed by atoms with Gasteiger partial charge < -0.3 is 5.73 Å². The number of carbonyl (C=O) groups is 1. The lowest BCUT2D eigenvalue weighted by molar-refractivity contribution is 0.101. The molecule has 0 saturated carbocycles. The molecule has 3 heteroatoms. The van der Waals surface area contributed by atoms with Crippen LogP contribution in [0.4, 0.5) is 0 Å². The molecule has 0 spiro atoms. The molecule has 0 bridgehead atoms. The summed E-state index contributed by atoms with van der Waals surface area (Å²) in [7, 11) is 0. The summed E-state index contributed by atoms with van der Waals surface area (Å²) in [4.78, 5) is 11.0. The maximum Gasteiger partial charge on any atom is 0.159 e. The van der Waals surface area contributed by atoms with Crippen molar-refractivity contribution in [1.82, 2.24) is 0 Å². The Hall–Kier alpha value is -1.12. The fourth-order valence-corrected chi connectivity index (χ4v) is 1.32. The number of benzene rings is 1. The quantitative estimate of drug-likeness (QED) is 0.778. The second kappa shape index (κ2) is 4.94. The van der Waals surface area contributed by atoms with Crippen LogP contribution < -0.4 is 5.73 Å². The number of Topliss-reactive ketones (excluding diaryl/α,β-unsaturated/α-hetero) is 1. The zero-order valence-corrected chi connectivity index (χ0v) is 8.71. The second-order valence-electron chi connectivity index (χ2n) is 2.93. The summed E-state index contributed by atoms with van der Waals surface area (Å²) in [5.41, 5.74) is 6.82. The first-order valence-electron chi connectivity index (χ1n) is 4.32. The van der Waals surface area contributed by atoms with E-state index in [1.165, 1.54) is 6.92 Å². The summed E-state index contributed by atoms with van der Waals surface area (Å²) in [5, 5.41) is 0.572. The fraction of sp³-hybridized carbons (Fsp3) is 0.182. The van der Waals surface area contributed by atoms with Gasteiger partial charge in [0.15, 0.2) is 5.78 Å². The monoisotopic (exact) mass is 209 g/mol. The predicted octanol–water partition coefficient (Wildman–Crippen LogP) is 2.51. The van der Waals surface area contributed by atoms with Gasteiger partial charge in [0.05, 0.1) is 0 Å². The molecule has 0 fully saturated rings. The van der Waals surface area contributed by atoms with Crippen LogP contribution in [0.25, 0.3) is 6.08 Å². The van der Waals surface area contributed by atoms with Gasteiger partial charge >= 0.3 is 0 Å². The van der Waals surface area contributed by atoms with Crippen molar-refractivity contribution in [1.29, 1.82) is 0 Å². The molecule has 0 aliphatic rings. The van der Waals surface area contributed by atoms with Crippen LogP contribution in [0.15, 0.2) is 24.3 Å². The van der Waals surface area contributed by atoms with Gasteiger partial charge in [-0.1, -0.05) is 35.9 Å². The van der Waals surface area contributed by atoms with Gasteiger partial charge in [-0.05, 0) is 18.6 Å². The number of ketones is 1. The minimum atomic E-state index is 0.0151. The lowest BCUT2D eigenvalue weighted by atomic mass is 10.1. The van der Waals surface area contributed by atoms with Crippen molar-refractivity contribution >= 4 is 23.5 Å². The van der Waals surface area contributed by atoms with E-state index in [2.05, 4.69) is 0 Å². The summed E-state index contributed by atoms with van der Waals surface area (Å²) < 4.78 is 0. The Kier molecular flexibility index (Phi) is 3.86. The topological polar surface area (TPSA) is 43.1 Å². The number of hydrogen-bond donors (Lipinski definition) is 1. The Labute approximate surface area is 88.4 Å². The van der Waals surface area contributed by atoms with E-state index in [0.29, 0.717) is 17.1 Å². The Morgan fingerprint density at radius 2 is 2.29 bits per heavy atom. The van der Waals surface area contributed by atoms with Crippen molar-refractivity contribution in [3.63, 3.8) is 0 Å². The Bertz CT molecular complexity index is 372. The molecule has 0 aliphatic carbocycles. The van der Waals surface area contributed by atoms with Crippen LogP contribution in [0.5, 0.6) is 0 Å². The molecule has 0 aromatic heterocycles. The molecule has 0 unspecified atom stereocenters. The molecule has 0 aliphatic heterocycles. The zero-order valence-electron chi connectivity index (χ0n) is 7.96. The first-order chi connectivity index (χ1) is 6.65. The van der Waals surface area contributed by atoms with Crippen LogP contribution in [0.1, 0.15) is 22.8 Å². The molecule has 74 valence electrons. The highest BCUT2D eigenvalue weighted by Gasteiger charge is 2.02. The number of hydrogen-bond acceptors (Lipinski definition) is 2. The minimum Gasteiger partial charge on any atom is -0.327 e. The van der Waals surface area contributed by atoms with Crippen molar-refractivity contribution in [2.24, 2.45) is 5.73 Å². The molecule has 2 N–H and O–H groups in total. The van der Waals surface area contributed by atoms with Gasteiger partial charge in [0.1, 0.15) is 0 Å².